The lowest BCUT2D eigenvalue weighted by molar-refractivity contribution is -0.140. The summed E-state index contributed by atoms with van der Waals surface area (Å²) in [4.78, 5) is 28.0. The number of amides is 2. The molecule has 0 heterocycles. The number of unbranched alkanes of at least 4 members (excludes halogenated alkanes) is 1. The average molecular weight is 508 g/mol. The fourth-order valence-electron chi connectivity index (χ4n) is 3.56. The summed E-state index contributed by atoms with van der Waals surface area (Å²) in [6.07, 6.45) is 3.19. The van der Waals surface area contributed by atoms with Gasteiger partial charge in [-0.3, -0.25) is 13.9 Å². The Morgan fingerprint density at radius 2 is 1.71 bits per heavy atom. The third-order valence-electron chi connectivity index (χ3n) is 5.52. The summed E-state index contributed by atoms with van der Waals surface area (Å²) in [6, 6.07) is 13.2. The van der Waals surface area contributed by atoms with Crippen molar-refractivity contribution in [3.05, 3.63) is 64.7 Å². The summed E-state index contributed by atoms with van der Waals surface area (Å²) in [5.74, 6) is -0.749. The second kappa shape index (κ2) is 12.8. The van der Waals surface area contributed by atoms with E-state index in [1.54, 1.807) is 48.5 Å². The molecule has 0 aliphatic carbocycles. The summed E-state index contributed by atoms with van der Waals surface area (Å²) in [7, 11) is -3.75. The minimum Gasteiger partial charge on any atom is -0.354 e. The average Bonchev–Trinajstić information content (AvgIpc) is 2.78. The molecule has 7 nitrogen and oxygen atoms in total. The number of anilines is 1. The maximum absolute atomic E-state index is 13.6. The van der Waals surface area contributed by atoms with Crippen LogP contribution < -0.4 is 9.62 Å². The van der Waals surface area contributed by atoms with E-state index in [1.807, 2.05) is 20.8 Å². The number of hydrogen-bond acceptors (Lipinski definition) is 4. The van der Waals surface area contributed by atoms with E-state index < -0.39 is 28.5 Å². The van der Waals surface area contributed by atoms with Gasteiger partial charge in [-0.05, 0) is 43.5 Å². The van der Waals surface area contributed by atoms with Crippen molar-refractivity contribution in [3.63, 3.8) is 0 Å². The highest BCUT2D eigenvalue weighted by molar-refractivity contribution is 7.92. The summed E-state index contributed by atoms with van der Waals surface area (Å²) in [6.45, 7) is 5.93. The molecule has 0 unspecified atom stereocenters. The van der Waals surface area contributed by atoms with Crippen molar-refractivity contribution < 1.29 is 18.0 Å². The van der Waals surface area contributed by atoms with Crippen LogP contribution in [0.2, 0.25) is 5.02 Å². The van der Waals surface area contributed by atoms with Crippen molar-refractivity contribution in [3.8, 4) is 0 Å². The molecule has 0 saturated carbocycles. The Kier molecular flexibility index (Phi) is 10.4. The molecule has 9 heteroatoms. The molecular weight excluding hydrogens is 474 g/mol. The molecule has 1 N–H and O–H groups in total. The van der Waals surface area contributed by atoms with Gasteiger partial charge in [-0.15, -0.1) is 0 Å². The van der Waals surface area contributed by atoms with Crippen LogP contribution in [0.4, 0.5) is 5.69 Å². The van der Waals surface area contributed by atoms with Gasteiger partial charge >= 0.3 is 0 Å². The minimum absolute atomic E-state index is 0.0870. The first kappa shape index (κ1) is 27.7. The van der Waals surface area contributed by atoms with Crippen molar-refractivity contribution in [2.45, 2.75) is 52.6 Å². The maximum Gasteiger partial charge on any atom is 0.244 e. The summed E-state index contributed by atoms with van der Waals surface area (Å²) in [5.41, 5.74) is 2.04. The molecule has 0 aromatic heterocycles. The molecule has 0 aliphatic rings. The Morgan fingerprint density at radius 3 is 2.26 bits per heavy atom. The monoisotopic (exact) mass is 507 g/mol. The van der Waals surface area contributed by atoms with Crippen molar-refractivity contribution >= 4 is 39.1 Å². The number of sulfonamides is 1. The number of aryl methyl sites for hydroxylation is 1. The molecule has 0 saturated heterocycles. The maximum atomic E-state index is 13.6. The van der Waals surface area contributed by atoms with E-state index in [-0.39, 0.29) is 12.5 Å². The van der Waals surface area contributed by atoms with E-state index in [9.17, 15) is 18.0 Å². The van der Waals surface area contributed by atoms with Crippen molar-refractivity contribution in [1.82, 2.24) is 10.2 Å². The Morgan fingerprint density at radius 1 is 1.06 bits per heavy atom. The highest BCUT2D eigenvalue weighted by Crippen LogP contribution is 2.22. The van der Waals surface area contributed by atoms with E-state index in [0.717, 1.165) is 29.0 Å². The number of carbonyl (C=O) groups is 2. The predicted molar refractivity (Wildman–Crippen MR) is 137 cm³/mol. The van der Waals surface area contributed by atoms with Gasteiger partial charge in [-0.2, -0.15) is 0 Å². The number of nitrogens with zero attached hydrogens (tertiary/aromatic N) is 2. The largest absolute Gasteiger partial charge is 0.354 e. The second-order valence-corrected chi connectivity index (χ2v) is 10.6. The van der Waals surface area contributed by atoms with Crippen LogP contribution in [0.5, 0.6) is 0 Å². The Hall–Kier alpha value is -2.58. The topological polar surface area (TPSA) is 86.8 Å². The van der Waals surface area contributed by atoms with Crippen LogP contribution >= 0.6 is 11.6 Å². The normalized spacial score (nSPS) is 12.1. The molecule has 34 heavy (non-hydrogen) atoms. The zero-order chi connectivity index (χ0) is 25.3. The first-order valence-electron chi connectivity index (χ1n) is 11.4. The van der Waals surface area contributed by atoms with Crippen LogP contribution in [0.25, 0.3) is 0 Å². The molecule has 2 aromatic rings. The van der Waals surface area contributed by atoms with Crippen LogP contribution in [0.3, 0.4) is 0 Å². The van der Waals surface area contributed by atoms with E-state index >= 15 is 0 Å². The third kappa shape index (κ3) is 7.74. The van der Waals surface area contributed by atoms with Crippen molar-refractivity contribution in [2.24, 2.45) is 0 Å². The number of carbonyl (C=O) groups excluding carboxylic acids is 2. The molecule has 0 radical (unpaired) electrons. The quantitative estimate of drug-likeness (QED) is 0.437. The molecule has 2 aromatic carbocycles. The fraction of sp³-hybridized carbons (Fsp3) is 0.440. The van der Waals surface area contributed by atoms with Gasteiger partial charge in [0.15, 0.2) is 0 Å². The van der Waals surface area contributed by atoms with E-state index in [4.69, 9.17) is 11.6 Å². The van der Waals surface area contributed by atoms with Gasteiger partial charge in [0.2, 0.25) is 21.8 Å². The highest BCUT2D eigenvalue weighted by atomic mass is 35.5. The van der Waals surface area contributed by atoms with Gasteiger partial charge < -0.3 is 10.2 Å². The smallest absolute Gasteiger partial charge is 0.244 e. The van der Waals surface area contributed by atoms with Gasteiger partial charge in [0, 0.05) is 18.1 Å². The minimum atomic E-state index is -3.75. The lowest BCUT2D eigenvalue weighted by Gasteiger charge is -2.33. The first-order chi connectivity index (χ1) is 16.1. The third-order valence-corrected chi connectivity index (χ3v) is 7.02. The molecular formula is C25H34ClN3O4S. The molecule has 2 rings (SSSR count). The van der Waals surface area contributed by atoms with Crippen LogP contribution in [-0.2, 0) is 26.2 Å². The summed E-state index contributed by atoms with van der Waals surface area (Å²) in [5, 5.41) is 3.37. The van der Waals surface area contributed by atoms with Crippen LogP contribution in [0, 0.1) is 6.92 Å². The van der Waals surface area contributed by atoms with Crippen molar-refractivity contribution in [1.29, 1.82) is 0 Å². The zero-order valence-electron chi connectivity index (χ0n) is 20.3. The molecule has 186 valence electrons. The lowest BCUT2D eigenvalue weighted by Crippen LogP contribution is -2.52. The zero-order valence-corrected chi connectivity index (χ0v) is 21.8. The molecule has 2 amide bonds. The Labute approximate surface area is 208 Å². The van der Waals surface area contributed by atoms with Crippen LogP contribution in [0.1, 0.15) is 44.2 Å². The summed E-state index contributed by atoms with van der Waals surface area (Å²) >= 11 is 6.35. The molecule has 0 spiro atoms. The van der Waals surface area contributed by atoms with Crippen LogP contribution in [-0.4, -0.2) is 50.5 Å². The van der Waals surface area contributed by atoms with Gasteiger partial charge in [-0.25, -0.2) is 8.42 Å². The Balaban J connectivity index is 2.40. The lowest BCUT2D eigenvalue weighted by atomic mass is 10.1. The standard InChI is InChI=1S/C25H34ClN3O4S/c1-5-7-16-27-25(31)23(6-2)28(17-20-10-8-9-11-22(20)26)24(30)18-29(34(4,32)33)21-14-12-19(3)13-15-21/h8-15,23H,5-7,16-18H2,1-4H3,(H,27,31)/t23-/m0/s1. The van der Waals surface area contributed by atoms with Gasteiger partial charge in [-0.1, -0.05) is 67.8 Å². The predicted octanol–water partition coefficient (Wildman–Crippen LogP) is 4.14. The number of halogens is 1. The van der Waals surface area contributed by atoms with Gasteiger partial charge in [0.1, 0.15) is 12.6 Å². The van der Waals surface area contributed by atoms with E-state index in [0.29, 0.717) is 29.2 Å². The second-order valence-electron chi connectivity index (χ2n) is 8.29. The highest BCUT2D eigenvalue weighted by Gasteiger charge is 2.31. The van der Waals surface area contributed by atoms with Crippen molar-refractivity contribution in [2.75, 3.05) is 23.7 Å². The molecule has 0 aliphatic heterocycles. The Bertz CT molecular complexity index is 1070. The molecule has 0 bridgehead atoms. The summed E-state index contributed by atoms with van der Waals surface area (Å²) < 4.78 is 26.2. The SMILES string of the molecule is CCCCNC(=O)[C@H](CC)N(Cc1ccccc1Cl)C(=O)CN(c1ccc(C)cc1)S(C)(=O)=O. The number of nitrogens with one attached hydrogen (secondary N) is 1. The molecule has 1 atom stereocenters. The molecule has 0 fully saturated rings. The van der Waals surface area contributed by atoms with Gasteiger partial charge in [0.25, 0.3) is 0 Å². The van der Waals surface area contributed by atoms with E-state index in [1.165, 1.54) is 4.90 Å². The first-order valence-corrected chi connectivity index (χ1v) is 13.7. The number of benzene rings is 2. The van der Waals surface area contributed by atoms with Gasteiger partial charge in [0.05, 0.1) is 11.9 Å². The number of hydrogen-bond donors (Lipinski definition) is 1. The van der Waals surface area contributed by atoms with Crippen LogP contribution in [0.15, 0.2) is 48.5 Å². The van der Waals surface area contributed by atoms with E-state index in [2.05, 4.69) is 5.32 Å². The fourth-order valence-corrected chi connectivity index (χ4v) is 4.61. The number of rotatable bonds is 12.